The lowest BCUT2D eigenvalue weighted by molar-refractivity contribution is 0.595. The van der Waals surface area contributed by atoms with Gasteiger partial charge in [0.1, 0.15) is 0 Å². The van der Waals surface area contributed by atoms with Crippen LogP contribution in [-0.4, -0.2) is 14.2 Å². The maximum atomic E-state index is 12.2. The van der Waals surface area contributed by atoms with E-state index in [-0.39, 0.29) is 11.7 Å². The van der Waals surface area contributed by atoms with Gasteiger partial charge in [0, 0.05) is 11.3 Å². The van der Waals surface area contributed by atoms with Crippen LogP contribution in [0.2, 0.25) is 0 Å². The molecule has 0 fully saturated rings. The largest absolute Gasteiger partial charge is 0.283 e. The van der Waals surface area contributed by atoms with Gasteiger partial charge >= 0.3 is 0 Å². The fourth-order valence-corrected chi connectivity index (χ4v) is 3.52. The smallest absolute Gasteiger partial charge is 0.233 e. The van der Waals surface area contributed by atoms with Crippen LogP contribution in [0.4, 0.5) is 5.69 Å². The van der Waals surface area contributed by atoms with Crippen LogP contribution < -0.4 is 4.72 Å². The quantitative estimate of drug-likeness (QED) is 0.862. The zero-order chi connectivity index (χ0) is 15.3. The summed E-state index contributed by atoms with van der Waals surface area (Å²) in [7, 11) is -3.43. The van der Waals surface area contributed by atoms with Crippen molar-refractivity contribution in [1.29, 1.82) is 0 Å². The summed E-state index contributed by atoms with van der Waals surface area (Å²) in [5.74, 6) is 2.43. The van der Waals surface area contributed by atoms with Crippen molar-refractivity contribution >= 4 is 15.7 Å². The molecule has 0 aliphatic heterocycles. The number of hydrogen-bond acceptors (Lipinski definition) is 2. The summed E-state index contributed by atoms with van der Waals surface area (Å²) < 4.78 is 27.0. The van der Waals surface area contributed by atoms with E-state index in [9.17, 15) is 8.42 Å². The summed E-state index contributed by atoms with van der Waals surface area (Å²) in [5, 5.41) is 0. The first-order valence-electron chi connectivity index (χ1n) is 6.62. The molecule has 21 heavy (non-hydrogen) atoms. The number of hydrogen-bond donors (Lipinski definition) is 1. The van der Waals surface area contributed by atoms with Gasteiger partial charge in [-0.15, -0.1) is 6.42 Å². The van der Waals surface area contributed by atoms with Gasteiger partial charge in [0.15, 0.2) is 0 Å². The predicted molar refractivity (Wildman–Crippen MR) is 86.6 cm³/mol. The summed E-state index contributed by atoms with van der Waals surface area (Å²) in [5.41, 5.74) is 2.14. The first-order chi connectivity index (χ1) is 10.00. The van der Waals surface area contributed by atoms with Crippen molar-refractivity contribution in [2.24, 2.45) is 0 Å². The van der Waals surface area contributed by atoms with E-state index >= 15 is 0 Å². The molecule has 2 aromatic carbocycles. The van der Waals surface area contributed by atoms with Crippen LogP contribution >= 0.6 is 0 Å². The Morgan fingerprint density at radius 2 is 1.86 bits per heavy atom. The fraction of sp³-hybridized carbons (Fsp3) is 0.176. The van der Waals surface area contributed by atoms with Gasteiger partial charge in [-0.05, 0) is 29.7 Å². The normalized spacial score (nSPS) is 12.4. The zero-order valence-electron chi connectivity index (χ0n) is 11.8. The fourth-order valence-electron chi connectivity index (χ4n) is 2.10. The average Bonchev–Trinajstić information content (AvgIpc) is 2.47. The predicted octanol–water partition coefficient (Wildman–Crippen LogP) is 3.21. The Morgan fingerprint density at radius 3 is 2.52 bits per heavy atom. The van der Waals surface area contributed by atoms with Crippen LogP contribution in [-0.2, 0) is 10.0 Å². The van der Waals surface area contributed by atoms with Gasteiger partial charge in [0.25, 0.3) is 0 Å². The number of rotatable bonds is 5. The van der Waals surface area contributed by atoms with Gasteiger partial charge in [-0.1, -0.05) is 49.2 Å². The van der Waals surface area contributed by atoms with Crippen molar-refractivity contribution in [2.75, 3.05) is 10.5 Å². The zero-order valence-corrected chi connectivity index (χ0v) is 12.6. The Balaban J connectivity index is 2.10. The van der Waals surface area contributed by atoms with E-state index in [1.54, 1.807) is 24.3 Å². The molecule has 1 N–H and O–H groups in total. The lowest BCUT2D eigenvalue weighted by atomic mass is 10.0. The highest BCUT2D eigenvalue weighted by Crippen LogP contribution is 2.19. The highest BCUT2D eigenvalue weighted by atomic mass is 32.2. The highest BCUT2D eigenvalue weighted by molar-refractivity contribution is 7.92. The monoisotopic (exact) mass is 299 g/mol. The minimum Gasteiger partial charge on any atom is -0.283 e. The van der Waals surface area contributed by atoms with E-state index in [1.165, 1.54) is 0 Å². The molecule has 0 aromatic heterocycles. The SMILES string of the molecule is C#Cc1cccc(NS(=O)(=O)CC(C)c2ccccc2)c1. The molecule has 0 aliphatic rings. The number of anilines is 1. The molecular weight excluding hydrogens is 282 g/mol. The Morgan fingerprint density at radius 1 is 1.14 bits per heavy atom. The van der Waals surface area contributed by atoms with E-state index < -0.39 is 10.0 Å². The topological polar surface area (TPSA) is 46.2 Å². The molecule has 1 unspecified atom stereocenters. The van der Waals surface area contributed by atoms with Crippen molar-refractivity contribution in [3.05, 3.63) is 65.7 Å². The molecule has 0 radical (unpaired) electrons. The molecule has 0 spiro atoms. The van der Waals surface area contributed by atoms with Crippen molar-refractivity contribution < 1.29 is 8.42 Å². The number of sulfonamides is 1. The molecule has 108 valence electrons. The van der Waals surface area contributed by atoms with Crippen molar-refractivity contribution in [1.82, 2.24) is 0 Å². The van der Waals surface area contributed by atoms with Gasteiger partial charge in [-0.2, -0.15) is 0 Å². The van der Waals surface area contributed by atoms with Crippen molar-refractivity contribution in [3.8, 4) is 12.3 Å². The Hall–Kier alpha value is -2.25. The second-order valence-electron chi connectivity index (χ2n) is 4.92. The van der Waals surface area contributed by atoms with Gasteiger partial charge in [0.2, 0.25) is 10.0 Å². The standard InChI is InChI=1S/C17H17NO2S/c1-3-15-8-7-11-17(12-15)18-21(19,20)13-14(2)16-9-5-4-6-10-16/h1,4-12,14,18H,13H2,2H3. The van der Waals surface area contributed by atoms with Crippen LogP contribution in [0.1, 0.15) is 24.0 Å². The third kappa shape index (κ3) is 4.37. The van der Waals surface area contributed by atoms with Gasteiger partial charge in [0.05, 0.1) is 5.75 Å². The van der Waals surface area contributed by atoms with Crippen molar-refractivity contribution in [3.63, 3.8) is 0 Å². The summed E-state index contributed by atoms with van der Waals surface area (Å²) in [6.45, 7) is 1.90. The third-order valence-corrected chi connectivity index (χ3v) is 4.63. The van der Waals surface area contributed by atoms with Crippen LogP contribution in [0.25, 0.3) is 0 Å². The molecular formula is C17H17NO2S. The Labute approximate surface area is 126 Å². The number of benzene rings is 2. The van der Waals surface area contributed by atoms with E-state index in [1.807, 2.05) is 37.3 Å². The molecule has 0 saturated carbocycles. The van der Waals surface area contributed by atoms with Crippen LogP contribution in [0.15, 0.2) is 54.6 Å². The van der Waals surface area contributed by atoms with Crippen molar-refractivity contribution in [2.45, 2.75) is 12.8 Å². The van der Waals surface area contributed by atoms with Gasteiger partial charge < -0.3 is 0 Å². The lowest BCUT2D eigenvalue weighted by Gasteiger charge is -2.14. The van der Waals surface area contributed by atoms with Crippen LogP contribution in [0.5, 0.6) is 0 Å². The molecule has 2 aromatic rings. The maximum Gasteiger partial charge on any atom is 0.233 e. The molecule has 0 bridgehead atoms. The number of terminal acetylenes is 1. The van der Waals surface area contributed by atoms with E-state index in [0.29, 0.717) is 11.3 Å². The maximum absolute atomic E-state index is 12.2. The minimum atomic E-state index is -3.43. The molecule has 4 heteroatoms. The van der Waals surface area contributed by atoms with Gasteiger partial charge in [-0.25, -0.2) is 8.42 Å². The summed E-state index contributed by atoms with van der Waals surface area (Å²) in [4.78, 5) is 0. The first-order valence-corrected chi connectivity index (χ1v) is 8.27. The Bertz CT molecular complexity index is 746. The van der Waals surface area contributed by atoms with E-state index in [2.05, 4.69) is 10.6 Å². The molecule has 3 nitrogen and oxygen atoms in total. The summed E-state index contributed by atoms with van der Waals surface area (Å²) >= 11 is 0. The summed E-state index contributed by atoms with van der Waals surface area (Å²) in [6, 6.07) is 16.4. The van der Waals surface area contributed by atoms with Crippen LogP contribution in [0.3, 0.4) is 0 Å². The van der Waals surface area contributed by atoms with Gasteiger partial charge in [-0.3, -0.25) is 4.72 Å². The Kier molecular flexibility index (Phi) is 4.66. The molecule has 0 heterocycles. The molecule has 2 rings (SSSR count). The second-order valence-corrected chi connectivity index (χ2v) is 6.69. The molecule has 0 amide bonds. The summed E-state index contributed by atoms with van der Waals surface area (Å²) in [6.07, 6.45) is 5.31. The average molecular weight is 299 g/mol. The number of nitrogens with one attached hydrogen (secondary N) is 1. The van der Waals surface area contributed by atoms with E-state index in [4.69, 9.17) is 6.42 Å². The first kappa shape index (κ1) is 15.1. The third-order valence-electron chi connectivity index (χ3n) is 3.14. The second kappa shape index (κ2) is 6.47. The lowest BCUT2D eigenvalue weighted by Crippen LogP contribution is -2.20. The van der Waals surface area contributed by atoms with E-state index in [0.717, 1.165) is 5.56 Å². The molecule has 0 saturated heterocycles. The molecule has 1 atom stereocenters. The molecule has 0 aliphatic carbocycles. The highest BCUT2D eigenvalue weighted by Gasteiger charge is 2.17. The minimum absolute atomic E-state index is 0.0251. The van der Waals surface area contributed by atoms with Crippen LogP contribution in [0, 0.1) is 12.3 Å².